The highest BCUT2D eigenvalue weighted by Crippen LogP contribution is 2.13. The summed E-state index contributed by atoms with van der Waals surface area (Å²) in [5.41, 5.74) is 5.79. The molecule has 0 fully saturated rings. The molecule has 0 atom stereocenters. The van der Waals surface area contributed by atoms with Crippen molar-refractivity contribution < 1.29 is 4.79 Å². The third-order valence-corrected chi connectivity index (χ3v) is 3.14. The van der Waals surface area contributed by atoms with Crippen LogP contribution in [0.2, 0.25) is 0 Å². The summed E-state index contributed by atoms with van der Waals surface area (Å²) in [6.07, 6.45) is 0. The largest absolute Gasteiger partial charge is 0.369 e. The Morgan fingerprint density at radius 1 is 1.67 bits per heavy atom. The van der Waals surface area contributed by atoms with Crippen molar-refractivity contribution in [1.82, 2.24) is 10.3 Å². The average molecular weight is 227 g/mol. The Kier molecular flexibility index (Phi) is 3.82. The van der Waals surface area contributed by atoms with Crippen molar-refractivity contribution in [1.29, 1.82) is 0 Å². The van der Waals surface area contributed by atoms with Gasteiger partial charge in [-0.25, -0.2) is 4.98 Å². The Labute approximate surface area is 93.9 Å². The van der Waals surface area contributed by atoms with Crippen molar-refractivity contribution in [3.05, 3.63) is 16.1 Å². The Hall–Kier alpha value is -0.940. The summed E-state index contributed by atoms with van der Waals surface area (Å²) in [6, 6.07) is 0. The first-order valence-corrected chi connectivity index (χ1v) is 5.71. The minimum atomic E-state index is -0.508. The monoisotopic (exact) mass is 227 g/mol. The molecule has 5 heteroatoms. The maximum absolute atomic E-state index is 11.0. The van der Waals surface area contributed by atoms with Crippen molar-refractivity contribution in [2.75, 3.05) is 6.54 Å². The highest BCUT2D eigenvalue weighted by Gasteiger charge is 2.24. The van der Waals surface area contributed by atoms with E-state index in [9.17, 15) is 4.79 Å². The maximum Gasteiger partial charge on any atom is 0.224 e. The zero-order chi connectivity index (χ0) is 11.5. The second-order valence-corrected chi connectivity index (χ2v) is 5.18. The highest BCUT2D eigenvalue weighted by atomic mass is 32.1. The summed E-state index contributed by atoms with van der Waals surface area (Å²) in [4.78, 5) is 15.4. The Morgan fingerprint density at radius 3 is 2.80 bits per heavy atom. The number of amides is 1. The lowest BCUT2D eigenvalue weighted by molar-refractivity contribution is -0.125. The van der Waals surface area contributed by atoms with E-state index < -0.39 is 5.41 Å². The van der Waals surface area contributed by atoms with Crippen molar-refractivity contribution in [3.8, 4) is 0 Å². The van der Waals surface area contributed by atoms with Gasteiger partial charge in [-0.05, 0) is 20.8 Å². The molecule has 1 rings (SSSR count). The van der Waals surface area contributed by atoms with Crippen molar-refractivity contribution in [3.63, 3.8) is 0 Å². The fourth-order valence-electron chi connectivity index (χ4n) is 1.05. The molecule has 1 aromatic heterocycles. The van der Waals surface area contributed by atoms with E-state index in [1.54, 1.807) is 11.3 Å². The average Bonchev–Trinajstić information content (AvgIpc) is 2.51. The summed E-state index contributed by atoms with van der Waals surface area (Å²) < 4.78 is 0. The minimum absolute atomic E-state index is 0.287. The van der Waals surface area contributed by atoms with Crippen LogP contribution < -0.4 is 11.1 Å². The number of carbonyl (C=O) groups is 1. The van der Waals surface area contributed by atoms with Gasteiger partial charge < -0.3 is 11.1 Å². The zero-order valence-corrected chi connectivity index (χ0v) is 10.1. The van der Waals surface area contributed by atoms with Gasteiger partial charge in [0, 0.05) is 24.2 Å². The summed E-state index contributed by atoms with van der Waals surface area (Å²) >= 11 is 1.62. The molecule has 0 unspecified atom stereocenters. The first kappa shape index (κ1) is 12.1. The van der Waals surface area contributed by atoms with Crippen LogP contribution in [0.25, 0.3) is 0 Å². The molecule has 3 N–H and O–H groups in total. The number of aryl methyl sites for hydroxylation is 1. The van der Waals surface area contributed by atoms with E-state index in [0.29, 0.717) is 13.1 Å². The maximum atomic E-state index is 11.0. The van der Waals surface area contributed by atoms with E-state index in [2.05, 4.69) is 10.3 Å². The van der Waals surface area contributed by atoms with Gasteiger partial charge in [0.25, 0.3) is 0 Å². The number of thiazole rings is 1. The first-order valence-electron chi connectivity index (χ1n) is 4.83. The lowest BCUT2D eigenvalue weighted by atomic mass is 9.93. The molecule has 15 heavy (non-hydrogen) atoms. The molecule has 0 aromatic carbocycles. The number of rotatable bonds is 5. The number of nitrogens with two attached hydrogens (primary N) is 1. The van der Waals surface area contributed by atoms with E-state index in [1.807, 2.05) is 26.2 Å². The van der Waals surface area contributed by atoms with Crippen LogP contribution in [-0.2, 0) is 11.3 Å². The molecule has 1 amide bonds. The number of primary amides is 1. The number of aromatic nitrogens is 1. The van der Waals surface area contributed by atoms with E-state index in [4.69, 9.17) is 5.73 Å². The first-order chi connectivity index (χ1) is 6.92. The topological polar surface area (TPSA) is 68.0 Å². The normalized spacial score (nSPS) is 11.7. The fourth-order valence-corrected chi connectivity index (χ4v) is 1.79. The molecule has 0 saturated carbocycles. The molecule has 4 nitrogen and oxygen atoms in total. The smallest absolute Gasteiger partial charge is 0.224 e. The van der Waals surface area contributed by atoms with Crippen molar-refractivity contribution >= 4 is 17.2 Å². The third-order valence-electron chi connectivity index (χ3n) is 2.18. The minimum Gasteiger partial charge on any atom is -0.369 e. The van der Waals surface area contributed by atoms with Crippen LogP contribution in [0.1, 0.15) is 24.5 Å². The molecule has 0 spiro atoms. The molecule has 0 saturated heterocycles. The van der Waals surface area contributed by atoms with Crippen LogP contribution in [0, 0.1) is 12.3 Å². The number of hydrogen-bond acceptors (Lipinski definition) is 4. The predicted octanol–water partition coefficient (Wildman–Crippen LogP) is 1.05. The van der Waals surface area contributed by atoms with Gasteiger partial charge >= 0.3 is 0 Å². The summed E-state index contributed by atoms with van der Waals surface area (Å²) in [5, 5.41) is 6.23. The lowest BCUT2D eigenvalue weighted by Gasteiger charge is -2.20. The van der Waals surface area contributed by atoms with Crippen LogP contribution in [0.5, 0.6) is 0 Å². The third kappa shape index (κ3) is 3.60. The van der Waals surface area contributed by atoms with E-state index in [0.717, 1.165) is 10.7 Å². The summed E-state index contributed by atoms with van der Waals surface area (Å²) in [7, 11) is 0. The number of nitrogens with zero attached hydrogens (tertiary/aromatic N) is 1. The predicted molar refractivity (Wildman–Crippen MR) is 61.5 cm³/mol. The molecule has 0 aliphatic rings. The van der Waals surface area contributed by atoms with Crippen molar-refractivity contribution in [2.45, 2.75) is 27.3 Å². The second-order valence-electron chi connectivity index (χ2n) is 4.23. The van der Waals surface area contributed by atoms with Gasteiger partial charge in [-0.15, -0.1) is 11.3 Å². The van der Waals surface area contributed by atoms with Gasteiger partial charge in [0.1, 0.15) is 5.01 Å². The van der Waals surface area contributed by atoms with Gasteiger partial charge in [0.2, 0.25) is 5.91 Å². The van der Waals surface area contributed by atoms with Crippen LogP contribution in [-0.4, -0.2) is 17.4 Å². The Bertz CT molecular complexity index is 346. The Morgan fingerprint density at radius 2 is 2.33 bits per heavy atom. The van der Waals surface area contributed by atoms with Crippen LogP contribution in [0.4, 0.5) is 0 Å². The van der Waals surface area contributed by atoms with E-state index in [1.165, 1.54) is 0 Å². The van der Waals surface area contributed by atoms with Gasteiger partial charge in [-0.3, -0.25) is 4.79 Å². The van der Waals surface area contributed by atoms with E-state index in [-0.39, 0.29) is 5.91 Å². The van der Waals surface area contributed by atoms with Gasteiger partial charge in [-0.2, -0.15) is 0 Å². The molecule has 0 aliphatic heterocycles. The molecular weight excluding hydrogens is 210 g/mol. The molecular formula is C10H17N3OS. The number of nitrogens with one attached hydrogen (secondary N) is 1. The molecule has 1 aromatic rings. The van der Waals surface area contributed by atoms with Crippen LogP contribution in [0.15, 0.2) is 5.38 Å². The fraction of sp³-hybridized carbons (Fsp3) is 0.600. The lowest BCUT2D eigenvalue weighted by Crippen LogP contribution is -2.40. The molecule has 0 bridgehead atoms. The second kappa shape index (κ2) is 4.72. The molecule has 84 valence electrons. The molecule has 0 radical (unpaired) electrons. The van der Waals surface area contributed by atoms with Gasteiger partial charge in [-0.1, -0.05) is 0 Å². The van der Waals surface area contributed by atoms with Gasteiger partial charge in [0.05, 0.1) is 5.41 Å². The standard InChI is InChI=1S/C10H17N3OS/c1-7-5-15-8(13-7)4-12-6-10(2,3)9(11)14/h5,12H,4,6H2,1-3H3,(H2,11,14). The zero-order valence-electron chi connectivity index (χ0n) is 9.33. The van der Waals surface area contributed by atoms with Crippen LogP contribution in [0.3, 0.4) is 0 Å². The highest BCUT2D eigenvalue weighted by molar-refractivity contribution is 7.09. The quantitative estimate of drug-likeness (QED) is 0.790. The Balaban J connectivity index is 2.36. The van der Waals surface area contributed by atoms with E-state index >= 15 is 0 Å². The van der Waals surface area contributed by atoms with Crippen LogP contribution >= 0.6 is 11.3 Å². The van der Waals surface area contributed by atoms with Gasteiger partial charge in [0.15, 0.2) is 0 Å². The SMILES string of the molecule is Cc1csc(CNCC(C)(C)C(N)=O)n1. The number of hydrogen-bond donors (Lipinski definition) is 2. The summed E-state index contributed by atoms with van der Waals surface area (Å²) in [5.74, 6) is -0.287. The van der Waals surface area contributed by atoms with Crippen molar-refractivity contribution in [2.24, 2.45) is 11.1 Å². The number of carbonyl (C=O) groups excluding carboxylic acids is 1. The molecule has 1 heterocycles. The summed E-state index contributed by atoms with van der Waals surface area (Å²) in [6.45, 7) is 6.88. The molecule has 0 aliphatic carbocycles.